The van der Waals surface area contributed by atoms with Crippen LogP contribution in [0.25, 0.3) is 27.5 Å². The number of imidazole rings is 1. The number of H-pyrrole nitrogens is 1. The van der Waals surface area contributed by atoms with Crippen molar-refractivity contribution in [1.29, 1.82) is 0 Å². The van der Waals surface area contributed by atoms with Gasteiger partial charge in [0.25, 0.3) is 11.8 Å². The minimum Gasteiger partial charge on any atom is -0.364 e. The first-order valence-corrected chi connectivity index (χ1v) is 14.7. The summed E-state index contributed by atoms with van der Waals surface area (Å²) in [5, 5.41) is 4.00. The highest BCUT2D eigenvalue weighted by Crippen LogP contribution is 2.39. The summed E-state index contributed by atoms with van der Waals surface area (Å²) in [5.74, 6) is -0.896. The fourth-order valence-electron chi connectivity index (χ4n) is 4.83. The number of primary amides is 1. The van der Waals surface area contributed by atoms with E-state index in [0.29, 0.717) is 33.7 Å². The van der Waals surface area contributed by atoms with Crippen LogP contribution in [0.1, 0.15) is 47.1 Å². The van der Waals surface area contributed by atoms with E-state index in [4.69, 9.17) is 17.3 Å². The van der Waals surface area contributed by atoms with E-state index < -0.39 is 21.7 Å². The summed E-state index contributed by atoms with van der Waals surface area (Å²) in [6.07, 6.45) is 3.74. The molecular formula is C28H29ClN6O4S. The smallest absolute Gasteiger partial charge is 0.270 e. The third kappa shape index (κ3) is 4.86. The van der Waals surface area contributed by atoms with Crippen molar-refractivity contribution < 1.29 is 18.0 Å². The van der Waals surface area contributed by atoms with Gasteiger partial charge in [0.1, 0.15) is 22.1 Å². The molecule has 0 aliphatic rings. The number of aryl methyl sites for hydroxylation is 1. The van der Waals surface area contributed by atoms with Gasteiger partial charge in [-0.1, -0.05) is 43.6 Å². The van der Waals surface area contributed by atoms with Gasteiger partial charge in [-0.15, -0.1) is 0 Å². The van der Waals surface area contributed by atoms with Crippen molar-refractivity contribution in [3.05, 3.63) is 77.1 Å². The molecule has 10 nitrogen and oxygen atoms in total. The SMILES string of the molecule is CC(C)CCS(=O)(=O)c1c(C(=O)NCc2nccn2C)n(-c2c(C(N)=O)[nH]c3ccccc23)c2ccc(Cl)cc12. The highest BCUT2D eigenvalue weighted by molar-refractivity contribution is 7.91. The Kier molecular flexibility index (Phi) is 7.19. The average Bonchev–Trinajstić information content (AvgIpc) is 3.59. The van der Waals surface area contributed by atoms with E-state index in [0.717, 1.165) is 0 Å². The van der Waals surface area contributed by atoms with E-state index in [2.05, 4.69) is 15.3 Å². The predicted octanol–water partition coefficient (Wildman–Crippen LogP) is 4.35. The minimum atomic E-state index is -4.00. The summed E-state index contributed by atoms with van der Waals surface area (Å²) < 4.78 is 31.2. The van der Waals surface area contributed by atoms with Crippen LogP contribution in [0.5, 0.6) is 0 Å². The molecule has 40 heavy (non-hydrogen) atoms. The van der Waals surface area contributed by atoms with Gasteiger partial charge in [0, 0.05) is 40.8 Å². The molecule has 0 saturated carbocycles. The standard InChI is InChI=1S/C28H29ClN6O4S/c1-16(2)10-13-40(38,39)26-19-14-17(29)8-9-21(19)35(25(26)28(37)32-15-22-31-11-12-34(22)3)24-18-6-4-5-7-20(18)33-23(24)27(30)36/h4-9,11-12,14,16,33H,10,13,15H2,1-3H3,(H2,30,36)(H,32,37). The van der Waals surface area contributed by atoms with Gasteiger partial charge in [0.05, 0.1) is 23.5 Å². The lowest BCUT2D eigenvalue weighted by Crippen LogP contribution is -2.29. The van der Waals surface area contributed by atoms with Crippen LogP contribution in [0.3, 0.4) is 0 Å². The molecule has 4 N–H and O–H groups in total. The number of carbonyl (C=O) groups is 2. The van der Waals surface area contributed by atoms with Gasteiger partial charge >= 0.3 is 0 Å². The fourth-order valence-corrected chi connectivity index (χ4v) is 6.96. The number of aromatic nitrogens is 4. The number of nitrogens with two attached hydrogens (primary N) is 1. The third-order valence-corrected chi connectivity index (χ3v) is 8.89. The molecular weight excluding hydrogens is 552 g/mol. The number of amides is 2. The van der Waals surface area contributed by atoms with Gasteiger partial charge in [0.15, 0.2) is 9.84 Å². The molecule has 2 amide bonds. The van der Waals surface area contributed by atoms with Gasteiger partial charge in [0.2, 0.25) is 0 Å². The highest BCUT2D eigenvalue weighted by atomic mass is 35.5. The molecule has 3 aromatic heterocycles. The zero-order valence-electron chi connectivity index (χ0n) is 22.2. The number of aromatic amines is 1. The molecule has 5 rings (SSSR count). The molecule has 0 fully saturated rings. The normalized spacial score (nSPS) is 12.0. The zero-order valence-corrected chi connectivity index (χ0v) is 23.8. The van der Waals surface area contributed by atoms with Crippen molar-refractivity contribution in [2.75, 3.05) is 5.75 Å². The molecule has 0 unspecified atom stereocenters. The Morgan fingerprint density at radius 3 is 2.58 bits per heavy atom. The van der Waals surface area contributed by atoms with Crippen LogP contribution >= 0.6 is 11.6 Å². The third-order valence-electron chi connectivity index (χ3n) is 6.85. The van der Waals surface area contributed by atoms with Crippen molar-refractivity contribution in [3.8, 4) is 5.69 Å². The van der Waals surface area contributed by atoms with Crippen LogP contribution in [0, 0.1) is 5.92 Å². The quantitative estimate of drug-likeness (QED) is 0.237. The van der Waals surface area contributed by atoms with E-state index in [1.165, 1.54) is 10.6 Å². The van der Waals surface area contributed by atoms with E-state index in [-0.39, 0.29) is 45.6 Å². The summed E-state index contributed by atoms with van der Waals surface area (Å²) in [4.78, 5) is 33.8. The Hall–Kier alpha value is -4.09. The first kappa shape index (κ1) is 27.5. The van der Waals surface area contributed by atoms with Gasteiger partial charge in [-0.3, -0.25) is 9.59 Å². The highest BCUT2D eigenvalue weighted by Gasteiger charge is 2.34. The topological polar surface area (TPSA) is 145 Å². The van der Waals surface area contributed by atoms with Crippen molar-refractivity contribution in [3.63, 3.8) is 0 Å². The molecule has 0 atom stereocenters. The van der Waals surface area contributed by atoms with Crippen molar-refractivity contribution in [2.45, 2.75) is 31.7 Å². The molecule has 0 saturated heterocycles. The van der Waals surface area contributed by atoms with Crippen LogP contribution < -0.4 is 11.1 Å². The van der Waals surface area contributed by atoms with E-state index in [1.54, 1.807) is 60.4 Å². The summed E-state index contributed by atoms with van der Waals surface area (Å²) in [6.45, 7) is 3.91. The Morgan fingerprint density at radius 1 is 1.15 bits per heavy atom. The van der Waals surface area contributed by atoms with Crippen LogP contribution in [0.15, 0.2) is 59.8 Å². The number of nitrogens with zero attached hydrogens (tertiary/aromatic N) is 3. The second-order valence-corrected chi connectivity index (χ2v) is 12.6. The molecule has 0 spiro atoms. The lowest BCUT2D eigenvalue weighted by atomic mass is 10.2. The number of sulfone groups is 1. The van der Waals surface area contributed by atoms with Crippen molar-refractivity contribution in [1.82, 2.24) is 24.4 Å². The number of fused-ring (bicyclic) bond motifs is 2. The summed E-state index contributed by atoms with van der Waals surface area (Å²) in [6, 6.07) is 11.9. The van der Waals surface area contributed by atoms with Crippen molar-refractivity contribution in [2.24, 2.45) is 18.7 Å². The summed E-state index contributed by atoms with van der Waals surface area (Å²) >= 11 is 6.36. The summed E-state index contributed by atoms with van der Waals surface area (Å²) in [5.41, 5.74) is 6.96. The van der Waals surface area contributed by atoms with E-state index in [1.807, 2.05) is 13.8 Å². The zero-order chi connectivity index (χ0) is 28.8. The maximum absolute atomic E-state index is 14.1. The molecule has 12 heteroatoms. The first-order chi connectivity index (χ1) is 19.0. The lowest BCUT2D eigenvalue weighted by Gasteiger charge is -2.14. The molecule has 0 aliphatic carbocycles. The largest absolute Gasteiger partial charge is 0.364 e. The molecule has 5 aromatic rings. The van der Waals surface area contributed by atoms with Gasteiger partial charge in [-0.25, -0.2) is 13.4 Å². The monoisotopic (exact) mass is 580 g/mol. The molecule has 208 valence electrons. The fraction of sp³-hybridized carbons (Fsp3) is 0.250. The minimum absolute atomic E-state index is 0.0392. The Labute approximate surface area is 236 Å². The second-order valence-electron chi connectivity index (χ2n) is 10.1. The molecule has 3 heterocycles. The maximum atomic E-state index is 14.1. The van der Waals surface area contributed by atoms with Gasteiger partial charge in [-0.05, 0) is 36.6 Å². The molecule has 0 radical (unpaired) electrons. The Balaban J connectivity index is 1.86. The molecule has 0 aliphatic heterocycles. The first-order valence-electron chi connectivity index (χ1n) is 12.7. The van der Waals surface area contributed by atoms with Gasteiger partial charge in [-0.2, -0.15) is 0 Å². The number of halogens is 1. The predicted molar refractivity (Wildman–Crippen MR) is 155 cm³/mol. The summed E-state index contributed by atoms with van der Waals surface area (Å²) in [7, 11) is -2.21. The molecule has 2 aromatic carbocycles. The average molecular weight is 581 g/mol. The van der Waals surface area contributed by atoms with Crippen LogP contribution in [0.2, 0.25) is 5.02 Å². The Morgan fingerprint density at radius 2 is 1.90 bits per heavy atom. The van der Waals surface area contributed by atoms with Gasteiger partial charge < -0.3 is 25.2 Å². The second kappa shape index (κ2) is 10.5. The lowest BCUT2D eigenvalue weighted by molar-refractivity contribution is 0.0937. The number of benzene rings is 2. The number of nitrogens with one attached hydrogen (secondary N) is 2. The van der Waals surface area contributed by atoms with E-state index in [9.17, 15) is 18.0 Å². The number of rotatable bonds is 9. The maximum Gasteiger partial charge on any atom is 0.270 e. The number of carbonyl (C=O) groups excluding carboxylic acids is 2. The number of hydrogen-bond donors (Lipinski definition) is 3. The molecule has 0 bridgehead atoms. The van der Waals surface area contributed by atoms with Crippen LogP contribution in [-0.4, -0.2) is 45.1 Å². The number of hydrogen-bond acceptors (Lipinski definition) is 5. The van der Waals surface area contributed by atoms with Crippen LogP contribution in [0.4, 0.5) is 0 Å². The van der Waals surface area contributed by atoms with Crippen molar-refractivity contribution >= 4 is 55.1 Å². The van der Waals surface area contributed by atoms with E-state index >= 15 is 0 Å². The Bertz CT molecular complexity index is 1880. The van der Waals surface area contributed by atoms with Crippen LogP contribution in [-0.2, 0) is 23.4 Å². The number of para-hydroxylation sites is 1.